The smallest absolute Gasteiger partial charge is 0.278 e. The first-order chi connectivity index (χ1) is 13.6. The van der Waals surface area contributed by atoms with Crippen molar-refractivity contribution in [3.05, 3.63) is 70.8 Å². The van der Waals surface area contributed by atoms with Gasteiger partial charge in [0.2, 0.25) is 17.6 Å². The first-order valence-corrected chi connectivity index (χ1v) is 8.63. The maximum Gasteiger partial charge on any atom is 0.278 e. The summed E-state index contributed by atoms with van der Waals surface area (Å²) in [6, 6.07) is 15.4. The van der Waals surface area contributed by atoms with Crippen molar-refractivity contribution < 1.29 is 9.32 Å². The second kappa shape index (κ2) is 7.39. The zero-order valence-corrected chi connectivity index (χ0v) is 14.9. The third-order valence-electron chi connectivity index (χ3n) is 4.25. The summed E-state index contributed by atoms with van der Waals surface area (Å²) >= 11 is 0. The lowest BCUT2D eigenvalue weighted by molar-refractivity contribution is -0.124. The molecule has 28 heavy (non-hydrogen) atoms. The molecular weight excluding hydrogens is 360 g/mol. The highest BCUT2D eigenvalue weighted by molar-refractivity contribution is 5.81. The number of nitrogens with one attached hydrogen (secondary N) is 1. The molecule has 9 nitrogen and oxygen atoms in total. The summed E-state index contributed by atoms with van der Waals surface area (Å²) in [6.07, 6.45) is 0. The van der Waals surface area contributed by atoms with Crippen molar-refractivity contribution in [2.24, 2.45) is 0 Å². The molecule has 2 heterocycles. The highest BCUT2D eigenvalue weighted by Crippen LogP contribution is 2.14. The lowest BCUT2D eigenvalue weighted by Crippen LogP contribution is -2.37. The molecule has 0 radical (unpaired) electrons. The monoisotopic (exact) mass is 376 g/mol. The molecule has 0 spiro atoms. The summed E-state index contributed by atoms with van der Waals surface area (Å²) in [4.78, 5) is 29.3. The second-order valence-corrected chi connectivity index (χ2v) is 6.13. The van der Waals surface area contributed by atoms with Gasteiger partial charge < -0.3 is 9.84 Å². The molecule has 0 bridgehead atoms. The van der Waals surface area contributed by atoms with E-state index in [-0.39, 0.29) is 18.0 Å². The molecule has 0 saturated heterocycles. The van der Waals surface area contributed by atoms with Crippen molar-refractivity contribution in [1.82, 2.24) is 30.5 Å². The average Bonchev–Trinajstić information content (AvgIpc) is 3.22. The Morgan fingerprint density at radius 1 is 1.14 bits per heavy atom. The van der Waals surface area contributed by atoms with Crippen LogP contribution in [0.4, 0.5) is 0 Å². The second-order valence-electron chi connectivity index (χ2n) is 6.13. The number of aromatic nitrogens is 5. The quantitative estimate of drug-likeness (QED) is 0.564. The Labute approximate surface area is 159 Å². The minimum atomic E-state index is -0.846. The minimum Gasteiger partial charge on any atom is -0.345 e. The molecule has 0 saturated carbocycles. The molecule has 2 aromatic carbocycles. The first kappa shape index (κ1) is 17.5. The van der Waals surface area contributed by atoms with Crippen molar-refractivity contribution >= 4 is 16.8 Å². The highest BCUT2D eigenvalue weighted by Gasteiger charge is 2.20. The maximum absolute atomic E-state index is 12.5. The predicted molar refractivity (Wildman–Crippen MR) is 100 cm³/mol. The summed E-state index contributed by atoms with van der Waals surface area (Å²) in [6.45, 7) is 1.61. The number of carbonyl (C=O) groups is 1. The molecule has 140 valence electrons. The summed E-state index contributed by atoms with van der Waals surface area (Å²) in [5.41, 5.74) is 0.920. The van der Waals surface area contributed by atoms with Crippen molar-refractivity contribution in [2.45, 2.75) is 19.5 Å². The van der Waals surface area contributed by atoms with Crippen LogP contribution in [0.15, 0.2) is 63.9 Å². The molecule has 1 atom stereocenters. The Hall–Kier alpha value is -3.88. The molecule has 0 fully saturated rings. The molecule has 1 N–H and O–H groups in total. The Morgan fingerprint density at radius 2 is 1.89 bits per heavy atom. The lowest BCUT2D eigenvalue weighted by atomic mass is 10.2. The molecule has 4 aromatic rings. The van der Waals surface area contributed by atoms with Crippen molar-refractivity contribution in [2.75, 3.05) is 0 Å². The van der Waals surface area contributed by atoms with Crippen LogP contribution < -0.4 is 10.9 Å². The van der Waals surface area contributed by atoms with Gasteiger partial charge in [-0.25, -0.2) is 0 Å². The standard InChI is InChI=1S/C19H16N6O3/c1-12(25-19(27)14-9-5-6-10-15(14)22-24-25)18(26)20-11-16-21-17(23-28-16)13-7-3-2-4-8-13/h2-10,12H,11H2,1H3,(H,20,26). The molecule has 2 aromatic heterocycles. The van der Waals surface area contributed by atoms with Gasteiger partial charge in [0.25, 0.3) is 5.56 Å². The van der Waals surface area contributed by atoms with Gasteiger partial charge in [-0.05, 0) is 19.1 Å². The SMILES string of the molecule is CC(C(=O)NCc1nc(-c2ccccc2)no1)n1nnc2ccccc2c1=O. The zero-order valence-electron chi connectivity index (χ0n) is 14.9. The van der Waals surface area contributed by atoms with Crippen LogP contribution in [-0.2, 0) is 11.3 Å². The van der Waals surface area contributed by atoms with Crippen LogP contribution in [0.1, 0.15) is 18.9 Å². The maximum atomic E-state index is 12.5. The van der Waals surface area contributed by atoms with Crippen LogP contribution in [0.5, 0.6) is 0 Å². The fourth-order valence-corrected chi connectivity index (χ4v) is 2.71. The van der Waals surface area contributed by atoms with E-state index in [4.69, 9.17) is 4.52 Å². The highest BCUT2D eigenvalue weighted by atomic mass is 16.5. The number of benzene rings is 2. The predicted octanol–water partition coefficient (Wildman–Crippen LogP) is 1.72. The van der Waals surface area contributed by atoms with E-state index >= 15 is 0 Å². The van der Waals surface area contributed by atoms with E-state index in [1.54, 1.807) is 31.2 Å². The van der Waals surface area contributed by atoms with Gasteiger partial charge in [-0.3, -0.25) is 9.59 Å². The molecule has 9 heteroatoms. The third-order valence-corrected chi connectivity index (χ3v) is 4.25. The molecule has 1 unspecified atom stereocenters. The minimum absolute atomic E-state index is 0.0404. The fraction of sp³-hybridized carbons (Fsp3) is 0.158. The van der Waals surface area contributed by atoms with Gasteiger partial charge in [-0.15, -0.1) is 5.10 Å². The fourth-order valence-electron chi connectivity index (χ4n) is 2.71. The zero-order chi connectivity index (χ0) is 19.5. The molecule has 1 amide bonds. The first-order valence-electron chi connectivity index (χ1n) is 8.63. The van der Waals surface area contributed by atoms with Crippen LogP contribution in [0.25, 0.3) is 22.3 Å². The lowest BCUT2D eigenvalue weighted by Gasteiger charge is -2.12. The Morgan fingerprint density at radius 3 is 2.71 bits per heavy atom. The molecular formula is C19H16N6O3. The van der Waals surface area contributed by atoms with Gasteiger partial charge >= 0.3 is 0 Å². The summed E-state index contributed by atoms with van der Waals surface area (Å²) in [7, 11) is 0. The summed E-state index contributed by atoms with van der Waals surface area (Å²) < 4.78 is 6.22. The summed E-state index contributed by atoms with van der Waals surface area (Å²) in [5, 5.41) is 14.8. The normalized spacial score (nSPS) is 12.0. The number of carbonyl (C=O) groups excluding carboxylic acids is 1. The number of rotatable bonds is 5. The number of hydrogen-bond donors (Lipinski definition) is 1. The number of nitrogens with zero attached hydrogens (tertiary/aromatic N) is 5. The molecule has 4 rings (SSSR count). The third kappa shape index (κ3) is 3.37. The summed E-state index contributed by atoms with van der Waals surface area (Å²) in [5.74, 6) is 0.289. The van der Waals surface area contributed by atoms with Crippen LogP contribution in [0.3, 0.4) is 0 Å². The Kier molecular flexibility index (Phi) is 4.63. The Balaban J connectivity index is 1.46. The van der Waals surface area contributed by atoms with E-state index in [2.05, 4.69) is 25.8 Å². The van der Waals surface area contributed by atoms with Gasteiger partial charge in [0.05, 0.1) is 11.9 Å². The number of amides is 1. The van der Waals surface area contributed by atoms with Crippen molar-refractivity contribution in [1.29, 1.82) is 0 Å². The van der Waals surface area contributed by atoms with E-state index in [1.807, 2.05) is 30.3 Å². The van der Waals surface area contributed by atoms with Gasteiger partial charge in [0.15, 0.2) is 0 Å². The van der Waals surface area contributed by atoms with E-state index in [0.29, 0.717) is 16.7 Å². The van der Waals surface area contributed by atoms with Crippen molar-refractivity contribution in [3.63, 3.8) is 0 Å². The Bertz CT molecular complexity index is 1180. The number of fused-ring (bicyclic) bond motifs is 1. The molecule has 0 aliphatic rings. The van der Waals surface area contributed by atoms with Gasteiger partial charge in [-0.2, -0.15) is 9.67 Å². The van der Waals surface area contributed by atoms with Gasteiger partial charge in [0, 0.05) is 5.56 Å². The molecule has 0 aliphatic carbocycles. The largest absolute Gasteiger partial charge is 0.345 e. The van der Waals surface area contributed by atoms with Crippen LogP contribution in [0, 0.1) is 0 Å². The van der Waals surface area contributed by atoms with Crippen LogP contribution in [-0.4, -0.2) is 31.0 Å². The topological polar surface area (TPSA) is 116 Å². The van der Waals surface area contributed by atoms with Gasteiger partial charge in [-0.1, -0.05) is 52.8 Å². The molecule has 0 aliphatic heterocycles. The van der Waals surface area contributed by atoms with E-state index < -0.39 is 11.9 Å². The van der Waals surface area contributed by atoms with E-state index in [1.165, 1.54) is 0 Å². The van der Waals surface area contributed by atoms with Crippen LogP contribution >= 0.6 is 0 Å². The van der Waals surface area contributed by atoms with Crippen molar-refractivity contribution in [3.8, 4) is 11.4 Å². The van der Waals surface area contributed by atoms with E-state index in [0.717, 1.165) is 10.2 Å². The van der Waals surface area contributed by atoms with Gasteiger partial charge in [0.1, 0.15) is 11.6 Å². The average molecular weight is 376 g/mol. The van der Waals surface area contributed by atoms with E-state index in [9.17, 15) is 9.59 Å². The number of hydrogen-bond acceptors (Lipinski definition) is 7. The van der Waals surface area contributed by atoms with Crippen LogP contribution in [0.2, 0.25) is 0 Å².